The van der Waals surface area contributed by atoms with Crippen molar-refractivity contribution in [2.45, 2.75) is 50.9 Å². The third kappa shape index (κ3) is 3.06. The largest absolute Gasteiger partial charge is 0.462 e. The molecule has 3 atom stereocenters. The highest BCUT2D eigenvalue weighted by Crippen LogP contribution is 2.41. The molecule has 6 nitrogen and oxygen atoms in total. The highest BCUT2D eigenvalue weighted by Gasteiger charge is 2.50. The summed E-state index contributed by atoms with van der Waals surface area (Å²) >= 11 is 0. The van der Waals surface area contributed by atoms with Crippen LogP contribution >= 0.6 is 0 Å². The van der Waals surface area contributed by atoms with Crippen LogP contribution in [0.3, 0.4) is 0 Å². The smallest absolute Gasteiger partial charge is 0.309 e. The fraction of sp³-hybridized carbons (Fsp3) is 0.867. The third-order valence-electron chi connectivity index (χ3n) is 4.67. The van der Waals surface area contributed by atoms with Gasteiger partial charge in [-0.15, -0.1) is 0 Å². The van der Waals surface area contributed by atoms with Crippen molar-refractivity contribution >= 4 is 11.9 Å². The van der Waals surface area contributed by atoms with Gasteiger partial charge in [0, 0.05) is 19.3 Å². The maximum absolute atomic E-state index is 12.2. The average molecular weight is 298 g/mol. The molecule has 2 heterocycles. The van der Waals surface area contributed by atoms with Gasteiger partial charge in [-0.25, -0.2) is 0 Å². The summed E-state index contributed by atoms with van der Waals surface area (Å²) in [6.45, 7) is 2.63. The van der Waals surface area contributed by atoms with E-state index in [0.717, 1.165) is 25.7 Å². The predicted molar refractivity (Wildman–Crippen MR) is 71.2 cm³/mol. The van der Waals surface area contributed by atoms with E-state index in [1.54, 1.807) is 0 Å². The normalized spacial score (nSPS) is 35.5. The number of cyclic esters (lactones) is 1. The third-order valence-corrected chi connectivity index (χ3v) is 4.67. The second-order valence-electron chi connectivity index (χ2n) is 6.12. The summed E-state index contributed by atoms with van der Waals surface area (Å²) in [7, 11) is 0. The molecule has 6 heteroatoms. The molecule has 0 aromatic carbocycles. The lowest BCUT2D eigenvalue weighted by atomic mass is 9.74. The Morgan fingerprint density at radius 2 is 1.95 bits per heavy atom. The molecule has 0 aromatic heterocycles. The van der Waals surface area contributed by atoms with Gasteiger partial charge in [0.25, 0.3) is 0 Å². The minimum atomic E-state index is -0.781. The topological polar surface area (TPSA) is 71.1 Å². The van der Waals surface area contributed by atoms with Crippen LogP contribution in [-0.4, -0.2) is 43.7 Å². The van der Waals surface area contributed by atoms with Crippen LogP contribution in [0.1, 0.15) is 39.0 Å². The molecule has 118 valence electrons. The van der Waals surface area contributed by atoms with E-state index >= 15 is 0 Å². The number of esters is 2. The summed E-state index contributed by atoms with van der Waals surface area (Å²) in [4.78, 5) is 23.5. The van der Waals surface area contributed by atoms with Gasteiger partial charge in [-0.2, -0.15) is 0 Å². The quantitative estimate of drug-likeness (QED) is 0.718. The average Bonchev–Trinajstić information content (AvgIpc) is 2.90. The van der Waals surface area contributed by atoms with E-state index in [1.165, 1.54) is 6.92 Å². The van der Waals surface area contributed by atoms with Crippen molar-refractivity contribution in [3.8, 4) is 0 Å². The van der Waals surface area contributed by atoms with E-state index < -0.39 is 5.79 Å². The monoisotopic (exact) mass is 298 g/mol. The molecular formula is C15H22O6. The first-order chi connectivity index (χ1) is 10.1. The molecule has 3 aliphatic rings. The Kier molecular flexibility index (Phi) is 4.17. The minimum absolute atomic E-state index is 0.000116. The van der Waals surface area contributed by atoms with E-state index in [-0.39, 0.29) is 36.5 Å². The second kappa shape index (κ2) is 5.93. The van der Waals surface area contributed by atoms with Crippen LogP contribution in [0.25, 0.3) is 0 Å². The molecule has 0 amide bonds. The van der Waals surface area contributed by atoms with Crippen molar-refractivity contribution in [3.63, 3.8) is 0 Å². The fourth-order valence-corrected chi connectivity index (χ4v) is 3.74. The molecule has 1 aliphatic carbocycles. The van der Waals surface area contributed by atoms with Crippen molar-refractivity contribution in [2.24, 2.45) is 11.8 Å². The highest BCUT2D eigenvalue weighted by atomic mass is 16.8. The van der Waals surface area contributed by atoms with Gasteiger partial charge in [0.05, 0.1) is 19.1 Å². The Morgan fingerprint density at radius 1 is 1.24 bits per heavy atom. The Morgan fingerprint density at radius 3 is 2.67 bits per heavy atom. The van der Waals surface area contributed by atoms with Crippen molar-refractivity contribution in [1.29, 1.82) is 0 Å². The minimum Gasteiger partial charge on any atom is -0.462 e. The molecule has 2 aliphatic heterocycles. The number of hydrogen-bond acceptors (Lipinski definition) is 6. The Hall–Kier alpha value is -1.14. The van der Waals surface area contributed by atoms with Crippen LogP contribution in [0.4, 0.5) is 0 Å². The Balaban J connectivity index is 1.75. The van der Waals surface area contributed by atoms with Crippen LogP contribution < -0.4 is 0 Å². The molecule has 3 rings (SSSR count). The Labute approximate surface area is 124 Å². The lowest BCUT2D eigenvalue weighted by Gasteiger charge is -2.41. The van der Waals surface area contributed by atoms with E-state index in [1.807, 2.05) is 0 Å². The van der Waals surface area contributed by atoms with E-state index in [4.69, 9.17) is 18.9 Å². The van der Waals surface area contributed by atoms with Crippen LogP contribution in [0.15, 0.2) is 0 Å². The van der Waals surface area contributed by atoms with E-state index in [0.29, 0.717) is 19.6 Å². The first-order valence-corrected chi connectivity index (χ1v) is 7.71. The summed E-state index contributed by atoms with van der Waals surface area (Å²) in [5.74, 6) is -1.61. The SMILES string of the molecule is CC(=O)O[C@@H]1CCCC[C@@H]1[C@H]1CC2(COC1=O)OCCO2. The standard InChI is InChI=1S/C15H22O6/c1-10(16)21-13-5-3-2-4-11(13)12-8-15(9-18-14(12)17)19-6-7-20-15/h11-13H,2-9H2,1H3/t11-,12-,13-/m1/s1. The van der Waals surface area contributed by atoms with Gasteiger partial charge in [-0.1, -0.05) is 6.42 Å². The van der Waals surface area contributed by atoms with Gasteiger partial charge in [-0.05, 0) is 19.3 Å². The summed E-state index contributed by atoms with van der Waals surface area (Å²) in [5.41, 5.74) is 0. The van der Waals surface area contributed by atoms with Crippen molar-refractivity contribution < 1.29 is 28.5 Å². The number of ether oxygens (including phenoxy) is 4. The number of carbonyl (C=O) groups is 2. The molecule has 2 saturated heterocycles. The van der Waals surface area contributed by atoms with Crippen LogP contribution in [0, 0.1) is 11.8 Å². The molecule has 0 N–H and O–H groups in total. The summed E-state index contributed by atoms with van der Waals surface area (Å²) in [5, 5.41) is 0. The lowest BCUT2D eigenvalue weighted by molar-refractivity contribution is -0.236. The summed E-state index contributed by atoms with van der Waals surface area (Å²) in [6, 6.07) is 0. The molecular weight excluding hydrogens is 276 g/mol. The molecule has 3 fully saturated rings. The first kappa shape index (κ1) is 14.8. The fourth-order valence-electron chi connectivity index (χ4n) is 3.74. The molecule has 21 heavy (non-hydrogen) atoms. The second-order valence-corrected chi connectivity index (χ2v) is 6.12. The number of hydrogen-bond donors (Lipinski definition) is 0. The molecule has 0 unspecified atom stereocenters. The van der Waals surface area contributed by atoms with Crippen molar-refractivity contribution in [3.05, 3.63) is 0 Å². The van der Waals surface area contributed by atoms with Crippen molar-refractivity contribution in [1.82, 2.24) is 0 Å². The Bertz CT molecular complexity index is 414. The van der Waals surface area contributed by atoms with Crippen molar-refractivity contribution in [2.75, 3.05) is 19.8 Å². The maximum atomic E-state index is 12.2. The number of rotatable bonds is 2. The zero-order valence-corrected chi connectivity index (χ0v) is 12.3. The molecule has 0 aromatic rings. The predicted octanol–water partition coefficient (Wildman–Crippen LogP) is 1.41. The van der Waals surface area contributed by atoms with Gasteiger partial charge in [0.2, 0.25) is 5.79 Å². The van der Waals surface area contributed by atoms with E-state index in [2.05, 4.69) is 0 Å². The first-order valence-electron chi connectivity index (χ1n) is 7.71. The van der Waals surface area contributed by atoms with Crippen LogP contribution in [-0.2, 0) is 28.5 Å². The molecule has 0 bridgehead atoms. The highest BCUT2D eigenvalue weighted by molar-refractivity contribution is 5.74. The zero-order chi connectivity index (χ0) is 14.9. The van der Waals surface area contributed by atoms with E-state index in [9.17, 15) is 9.59 Å². The summed E-state index contributed by atoms with van der Waals surface area (Å²) in [6.07, 6.45) is 4.03. The molecule has 0 radical (unpaired) electrons. The van der Waals surface area contributed by atoms with Gasteiger partial charge in [0.15, 0.2) is 0 Å². The van der Waals surface area contributed by atoms with Gasteiger partial charge < -0.3 is 18.9 Å². The summed E-state index contributed by atoms with van der Waals surface area (Å²) < 4.78 is 22.1. The van der Waals surface area contributed by atoms with Gasteiger partial charge in [-0.3, -0.25) is 9.59 Å². The molecule has 1 saturated carbocycles. The lowest BCUT2D eigenvalue weighted by Crippen LogP contribution is -2.50. The van der Waals surface area contributed by atoms with Gasteiger partial charge in [0.1, 0.15) is 12.7 Å². The number of carbonyl (C=O) groups excluding carboxylic acids is 2. The zero-order valence-electron chi connectivity index (χ0n) is 12.3. The van der Waals surface area contributed by atoms with Crippen LogP contribution in [0.5, 0.6) is 0 Å². The molecule has 1 spiro atoms. The van der Waals surface area contributed by atoms with Crippen LogP contribution in [0.2, 0.25) is 0 Å². The van der Waals surface area contributed by atoms with Gasteiger partial charge >= 0.3 is 11.9 Å². The maximum Gasteiger partial charge on any atom is 0.309 e.